The highest BCUT2D eigenvalue weighted by atomic mass is 35.5. The Bertz CT molecular complexity index is 238. The van der Waals surface area contributed by atoms with Crippen LogP contribution >= 0.6 is 24.8 Å². The molecule has 0 atom stereocenters. The summed E-state index contributed by atoms with van der Waals surface area (Å²) in [4.78, 5) is 10.6. The molecule has 1 aliphatic rings. The molecule has 4 nitrogen and oxygen atoms in total. The molecule has 1 aromatic rings. The topological polar surface area (TPSA) is 41.1 Å². The molecule has 0 amide bonds. The second-order valence-corrected chi connectivity index (χ2v) is 2.79. The largest absolute Gasteiger partial charge is 0.338 e. The maximum absolute atomic E-state index is 4.19. The molecule has 0 saturated carbocycles. The van der Waals surface area contributed by atoms with Crippen LogP contribution in [0.1, 0.15) is 0 Å². The van der Waals surface area contributed by atoms with Crippen LogP contribution in [0.5, 0.6) is 0 Å². The molecule has 0 unspecified atom stereocenters. The fourth-order valence-electron chi connectivity index (χ4n) is 1.32. The number of anilines is 1. The Morgan fingerprint density at radius 1 is 1.07 bits per heavy atom. The Morgan fingerprint density at radius 2 is 1.64 bits per heavy atom. The summed E-state index contributed by atoms with van der Waals surface area (Å²) in [6.45, 7) is 4.06. The lowest BCUT2D eigenvalue weighted by molar-refractivity contribution is 0.580. The van der Waals surface area contributed by atoms with Crippen LogP contribution < -0.4 is 10.2 Å². The predicted molar refractivity (Wildman–Crippen MR) is 61.6 cm³/mol. The van der Waals surface area contributed by atoms with Gasteiger partial charge in [-0.1, -0.05) is 0 Å². The van der Waals surface area contributed by atoms with Crippen LogP contribution in [0.4, 0.5) is 5.95 Å². The highest BCUT2D eigenvalue weighted by Crippen LogP contribution is 2.04. The lowest BCUT2D eigenvalue weighted by Gasteiger charge is -2.26. The summed E-state index contributed by atoms with van der Waals surface area (Å²) in [5.41, 5.74) is 0. The SMILES string of the molecule is Cl.Cl.c1cnc(N2CCNCC2)nc1. The van der Waals surface area contributed by atoms with E-state index in [0.29, 0.717) is 0 Å². The van der Waals surface area contributed by atoms with Crippen molar-refractivity contribution in [1.82, 2.24) is 15.3 Å². The molecule has 2 heterocycles. The third-order valence-electron chi connectivity index (χ3n) is 1.95. The number of aromatic nitrogens is 2. The number of rotatable bonds is 1. The zero-order valence-electron chi connectivity index (χ0n) is 7.72. The molecule has 0 aromatic carbocycles. The van der Waals surface area contributed by atoms with Gasteiger partial charge in [0.25, 0.3) is 0 Å². The molecule has 1 N–H and O–H groups in total. The molecular formula is C8H14Cl2N4. The van der Waals surface area contributed by atoms with Crippen LogP contribution in [-0.2, 0) is 0 Å². The van der Waals surface area contributed by atoms with Crippen molar-refractivity contribution in [3.05, 3.63) is 18.5 Å². The predicted octanol–water partition coefficient (Wildman–Crippen LogP) is 0.730. The van der Waals surface area contributed by atoms with Crippen LogP contribution in [0.15, 0.2) is 18.5 Å². The van der Waals surface area contributed by atoms with Gasteiger partial charge in [0.05, 0.1) is 0 Å². The van der Waals surface area contributed by atoms with Gasteiger partial charge in [-0.15, -0.1) is 24.8 Å². The van der Waals surface area contributed by atoms with Gasteiger partial charge in [-0.3, -0.25) is 0 Å². The smallest absolute Gasteiger partial charge is 0.225 e. The third kappa shape index (κ3) is 3.29. The summed E-state index contributed by atoms with van der Waals surface area (Å²) in [5.74, 6) is 0.846. The minimum atomic E-state index is 0. The zero-order valence-corrected chi connectivity index (χ0v) is 9.35. The van der Waals surface area contributed by atoms with Gasteiger partial charge < -0.3 is 10.2 Å². The normalized spacial score (nSPS) is 15.3. The van der Waals surface area contributed by atoms with Gasteiger partial charge in [0.1, 0.15) is 0 Å². The first-order valence-electron chi connectivity index (χ1n) is 4.19. The molecule has 6 heteroatoms. The summed E-state index contributed by atoms with van der Waals surface area (Å²) in [7, 11) is 0. The van der Waals surface area contributed by atoms with Crippen molar-refractivity contribution in [2.24, 2.45) is 0 Å². The molecular weight excluding hydrogens is 223 g/mol. The Balaban J connectivity index is 0.000000845. The number of nitrogens with one attached hydrogen (secondary N) is 1. The van der Waals surface area contributed by atoms with Gasteiger partial charge in [0.15, 0.2) is 0 Å². The second-order valence-electron chi connectivity index (χ2n) is 2.79. The molecule has 0 bridgehead atoms. The number of hydrogen-bond donors (Lipinski definition) is 1. The lowest BCUT2D eigenvalue weighted by Crippen LogP contribution is -2.44. The van der Waals surface area contributed by atoms with Crippen LogP contribution in [0.2, 0.25) is 0 Å². The number of halogens is 2. The Labute approximate surface area is 95.9 Å². The van der Waals surface area contributed by atoms with Crippen LogP contribution in [0.25, 0.3) is 0 Å². The summed E-state index contributed by atoms with van der Waals surface area (Å²) in [5, 5.41) is 3.29. The van der Waals surface area contributed by atoms with Gasteiger partial charge in [0.2, 0.25) is 5.95 Å². The molecule has 1 saturated heterocycles. The van der Waals surface area contributed by atoms with E-state index in [1.807, 2.05) is 6.07 Å². The first-order valence-corrected chi connectivity index (χ1v) is 4.19. The van der Waals surface area contributed by atoms with Crippen molar-refractivity contribution in [1.29, 1.82) is 0 Å². The fourth-order valence-corrected chi connectivity index (χ4v) is 1.32. The second kappa shape index (κ2) is 6.81. The standard InChI is InChI=1S/C8H12N4.2ClH/c1-2-10-8(11-3-1)12-6-4-9-5-7-12;;/h1-3,9H,4-7H2;2*1H. The van der Waals surface area contributed by atoms with Gasteiger partial charge in [0, 0.05) is 38.6 Å². The summed E-state index contributed by atoms with van der Waals surface area (Å²) >= 11 is 0. The molecule has 0 radical (unpaired) electrons. The van der Waals surface area contributed by atoms with E-state index in [1.165, 1.54) is 0 Å². The summed E-state index contributed by atoms with van der Waals surface area (Å²) in [6, 6.07) is 1.84. The summed E-state index contributed by atoms with van der Waals surface area (Å²) < 4.78 is 0. The van der Waals surface area contributed by atoms with Crippen molar-refractivity contribution >= 4 is 30.8 Å². The van der Waals surface area contributed by atoms with E-state index in [1.54, 1.807) is 12.4 Å². The average Bonchev–Trinajstić information content (AvgIpc) is 2.21. The average molecular weight is 237 g/mol. The van der Waals surface area contributed by atoms with E-state index in [9.17, 15) is 0 Å². The van der Waals surface area contributed by atoms with Crippen molar-refractivity contribution in [2.45, 2.75) is 0 Å². The third-order valence-corrected chi connectivity index (χ3v) is 1.95. The molecule has 0 spiro atoms. The Morgan fingerprint density at radius 3 is 2.21 bits per heavy atom. The number of piperazine rings is 1. The van der Waals surface area contributed by atoms with Crippen molar-refractivity contribution in [3.8, 4) is 0 Å². The maximum Gasteiger partial charge on any atom is 0.225 e. The van der Waals surface area contributed by atoms with Crippen LogP contribution in [0.3, 0.4) is 0 Å². The molecule has 14 heavy (non-hydrogen) atoms. The van der Waals surface area contributed by atoms with E-state index in [2.05, 4.69) is 20.2 Å². The zero-order chi connectivity index (χ0) is 8.23. The van der Waals surface area contributed by atoms with Crippen LogP contribution in [-0.4, -0.2) is 36.1 Å². The lowest BCUT2D eigenvalue weighted by atomic mass is 10.4. The van der Waals surface area contributed by atoms with Gasteiger partial charge in [-0.2, -0.15) is 0 Å². The highest BCUT2D eigenvalue weighted by molar-refractivity contribution is 5.85. The molecule has 80 valence electrons. The van der Waals surface area contributed by atoms with Gasteiger partial charge >= 0.3 is 0 Å². The fraction of sp³-hybridized carbons (Fsp3) is 0.500. The first-order chi connectivity index (χ1) is 5.97. The van der Waals surface area contributed by atoms with E-state index < -0.39 is 0 Å². The van der Waals surface area contributed by atoms with E-state index in [4.69, 9.17) is 0 Å². The van der Waals surface area contributed by atoms with Crippen molar-refractivity contribution in [3.63, 3.8) is 0 Å². The van der Waals surface area contributed by atoms with E-state index >= 15 is 0 Å². The quantitative estimate of drug-likeness (QED) is 0.781. The molecule has 2 rings (SSSR count). The maximum atomic E-state index is 4.19. The highest BCUT2D eigenvalue weighted by Gasteiger charge is 2.11. The monoisotopic (exact) mass is 236 g/mol. The van der Waals surface area contributed by atoms with Crippen molar-refractivity contribution < 1.29 is 0 Å². The molecule has 0 aliphatic carbocycles. The summed E-state index contributed by atoms with van der Waals surface area (Å²) in [6.07, 6.45) is 3.56. The Hall–Kier alpha value is -0.580. The van der Waals surface area contributed by atoms with E-state index in [-0.39, 0.29) is 24.8 Å². The molecule has 1 fully saturated rings. The Kier molecular flexibility index (Phi) is 6.53. The van der Waals surface area contributed by atoms with Crippen LogP contribution in [0, 0.1) is 0 Å². The van der Waals surface area contributed by atoms with Crippen molar-refractivity contribution in [2.75, 3.05) is 31.1 Å². The minimum Gasteiger partial charge on any atom is -0.338 e. The molecule has 1 aliphatic heterocycles. The van der Waals surface area contributed by atoms with Gasteiger partial charge in [-0.25, -0.2) is 9.97 Å². The van der Waals surface area contributed by atoms with E-state index in [0.717, 1.165) is 32.1 Å². The minimum absolute atomic E-state index is 0. The number of hydrogen-bond acceptors (Lipinski definition) is 4. The first kappa shape index (κ1) is 13.4. The molecule has 1 aromatic heterocycles. The number of nitrogens with zero attached hydrogens (tertiary/aromatic N) is 3. The van der Waals surface area contributed by atoms with Gasteiger partial charge in [-0.05, 0) is 6.07 Å².